The minimum Gasteiger partial charge on any atom is -0.494 e. The molecular formula is C14H11FINO2. The molecule has 0 radical (unpaired) electrons. The molecule has 0 aromatic heterocycles. The van der Waals surface area contributed by atoms with Gasteiger partial charge in [-0.2, -0.15) is 0 Å². The van der Waals surface area contributed by atoms with Gasteiger partial charge in [-0.15, -0.1) is 0 Å². The van der Waals surface area contributed by atoms with Crippen LogP contribution < -0.4 is 10.1 Å². The Kier molecular flexibility index (Phi) is 4.36. The number of benzene rings is 2. The minimum absolute atomic E-state index is 0.146. The maximum atomic E-state index is 13.5. The van der Waals surface area contributed by atoms with Crippen molar-refractivity contribution in [3.8, 4) is 5.75 Å². The van der Waals surface area contributed by atoms with Crippen LogP contribution in [0.2, 0.25) is 0 Å². The first-order valence-corrected chi connectivity index (χ1v) is 6.59. The Morgan fingerprint density at radius 1 is 1.26 bits per heavy atom. The number of anilines is 1. The van der Waals surface area contributed by atoms with Crippen LogP contribution in [-0.4, -0.2) is 13.0 Å². The SMILES string of the molecule is COc1ccc(NC(=O)c2ccccc2I)cc1F. The normalized spacial score (nSPS) is 10.1. The van der Waals surface area contributed by atoms with E-state index < -0.39 is 5.82 Å². The zero-order valence-corrected chi connectivity index (χ0v) is 12.3. The average Bonchev–Trinajstić information content (AvgIpc) is 2.39. The number of carbonyl (C=O) groups excluding carboxylic acids is 1. The molecule has 0 bridgehead atoms. The fraction of sp³-hybridized carbons (Fsp3) is 0.0714. The molecule has 0 saturated heterocycles. The second-order valence-corrected chi connectivity index (χ2v) is 4.95. The van der Waals surface area contributed by atoms with Gasteiger partial charge in [-0.25, -0.2) is 4.39 Å². The second-order valence-electron chi connectivity index (χ2n) is 3.78. The van der Waals surface area contributed by atoms with Crippen LogP contribution in [0.1, 0.15) is 10.4 Å². The van der Waals surface area contributed by atoms with Crippen molar-refractivity contribution in [2.75, 3.05) is 12.4 Å². The van der Waals surface area contributed by atoms with E-state index in [9.17, 15) is 9.18 Å². The van der Waals surface area contributed by atoms with Crippen LogP contribution in [0.15, 0.2) is 42.5 Å². The Hall–Kier alpha value is -1.63. The van der Waals surface area contributed by atoms with Gasteiger partial charge in [0.15, 0.2) is 11.6 Å². The molecule has 0 aliphatic rings. The van der Waals surface area contributed by atoms with Gasteiger partial charge in [0.1, 0.15) is 0 Å². The number of hydrogen-bond donors (Lipinski definition) is 1. The highest BCUT2D eigenvalue weighted by atomic mass is 127. The van der Waals surface area contributed by atoms with Crippen molar-refractivity contribution >= 4 is 34.2 Å². The summed E-state index contributed by atoms with van der Waals surface area (Å²) in [6.45, 7) is 0. The lowest BCUT2D eigenvalue weighted by Gasteiger charge is -2.08. The molecular weight excluding hydrogens is 360 g/mol. The van der Waals surface area contributed by atoms with Crippen LogP contribution in [0.5, 0.6) is 5.75 Å². The van der Waals surface area contributed by atoms with Crippen LogP contribution in [-0.2, 0) is 0 Å². The number of halogens is 2. The summed E-state index contributed by atoms with van der Waals surface area (Å²) in [5.74, 6) is -0.634. The fourth-order valence-corrected chi connectivity index (χ4v) is 2.22. The van der Waals surface area contributed by atoms with Gasteiger partial charge < -0.3 is 10.1 Å². The van der Waals surface area contributed by atoms with Gasteiger partial charge in [-0.3, -0.25) is 4.79 Å². The number of hydrogen-bond acceptors (Lipinski definition) is 2. The minimum atomic E-state index is -0.511. The van der Waals surface area contributed by atoms with E-state index in [4.69, 9.17) is 4.74 Å². The Bertz CT molecular complexity index is 616. The van der Waals surface area contributed by atoms with Gasteiger partial charge in [0.2, 0.25) is 0 Å². The molecule has 98 valence electrons. The van der Waals surface area contributed by atoms with E-state index in [2.05, 4.69) is 27.9 Å². The van der Waals surface area contributed by atoms with E-state index in [-0.39, 0.29) is 11.7 Å². The third-order valence-electron chi connectivity index (χ3n) is 2.53. The first kappa shape index (κ1) is 13.8. The van der Waals surface area contributed by atoms with Crippen LogP contribution >= 0.6 is 22.6 Å². The maximum absolute atomic E-state index is 13.5. The fourth-order valence-electron chi connectivity index (χ4n) is 1.59. The highest BCUT2D eigenvalue weighted by Gasteiger charge is 2.10. The molecule has 2 aromatic rings. The van der Waals surface area contributed by atoms with Crippen molar-refractivity contribution in [2.24, 2.45) is 0 Å². The smallest absolute Gasteiger partial charge is 0.256 e. The van der Waals surface area contributed by atoms with Crippen LogP contribution in [0.4, 0.5) is 10.1 Å². The summed E-state index contributed by atoms with van der Waals surface area (Å²) in [5, 5.41) is 2.65. The molecule has 2 rings (SSSR count). The molecule has 0 aliphatic heterocycles. The van der Waals surface area contributed by atoms with Gasteiger partial charge in [0.05, 0.1) is 12.7 Å². The Labute approximate surface area is 123 Å². The first-order valence-electron chi connectivity index (χ1n) is 5.51. The molecule has 0 atom stereocenters. The van der Waals surface area contributed by atoms with Crippen LogP contribution in [0, 0.1) is 9.39 Å². The largest absolute Gasteiger partial charge is 0.494 e. The van der Waals surface area contributed by atoms with E-state index in [0.717, 1.165) is 3.57 Å². The van der Waals surface area contributed by atoms with Gasteiger partial charge >= 0.3 is 0 Å². The molecule has 0 spiro atoms. The topological polar surface area (TPSA) is 38.3 Å². The summed E-state index contributed by atoms with van der Waals surface area (Å²) in [4.78, 5) is 12.0. The van der Waals surface area contributed by atoms with Crippen molar-refractivity contribution in [1.82, 2.24) is 0 Å². The van der Waals surface area contributed by atoms with E-state index in [1.165, 1.54) is 19.2 Å². The highest BCUT2D eigenvalue weighted by Crippen LogP contribution is 2.21. The third-order valence-corrected chi connectivity index (χ3v) is 3.47. The summed E-state index contributed by atoms with van der Waals surface area (Å²) in [7, 11) is 1.39. The first-order chi connectivity index (χ1) is 9.11. The lowest BCUT2D eigenvalue weighted by molar-refractivity contribution is 0.102. The maximum Gasteiger partial charge on any atom is 0.256 e. The summed E-state index contributed by atoms with van der Waals surface area (Å²) < 4.78 is 19.2. The molecule has 2 aromatic carbocycles. The zero-order chi connectivity index (χ0) is 13.8. The Morgan fingerprint density at radius 2 is 2.00 bits per heavy atom. The lowest BCUT2D eigenvalue weighted by atomic mass is 10.2. The summed E-state index contributed by atoms with van der Waals surface area (Å²) in [5.41, 5.74) is 0.947. The monoisotopic (exact) mass is 371 g/mol. The van der Waals surface area contributed by atoms with Crippen molar-refractivity contribution in [3.05, 3.63) is 57.4 Å². The summed E-state index contributed by atoms with van der Waals surface area (Å²) in [6, 6.07) is 11.5. The van der Waals surface area contributed by atoms with Crippen LogP contribution in [0.25, 0.3) is 0 Å². The van der Waals surface area contributed by atoms with Crippen molar-refractivity contribution in [2.45, 2.75) is 0 Å². The summed E-state index contributed by atoms with van der Waals surface area (Å²) in [6.07, 6.45) is 0. The molecule has 5 heteroatoms. The molecule has 1 amide bonds. The standard InChI is InChI=1S/C14H11FINO2/c1-19-13-7-6-9(8-11(13)15)17-14(18)10-4-2-3-5-12(10)16/h2-8H,1H3,(H,17,18). The summed E-state index contributed by atoms with van der Waals surface area (Å²) >= 11 is 2.08. The number of ether oxygens (including phenoxy) is 1. The predicted molar refractivity (Wildman–Crippen MR) is 80.1 cm³/mol. The molecule has 3 nitrogen and oxygen atoms in total. The molecule has 0 fully saturated rings. The van der Waals surface area contributed by atoms with Gasteiger partial charge in [0.25, 0.3) is 5.91 Å². The third kappa shape index (κ3) is 3.23. The highest BCUT2D eigenvalue weighted by molar-refractivity contribution is 14.1. The number of methoxy groups -OCH3 is 1. The molecule has 0 aliphatic carbocycles. The van der Waals surface area contributed by atoms with E-state index in [1.807, 2.05) is 12.1 Å². The number of carbonyl (C=O) groups is 1. The Morgan fingerprint density at radius 3 is 2.63 bits per heavy atom. The molecule has 0 heterocycles. The molecule has 0 unspecified atom stereocenters. The molecule has 0 saturated carbocycles. The van der Waals surface area contributed by atoms with Gasteiger partial charge in [-0.1, -0.05) is 12.1 Å². The van der Waals surface area contributed by atoms with Gasteiger partial charge in [-0.05, 0) is 46.9 Å². The average molecular weight is 371 g/mol. The van der Waals surface area contributed by atoms with E-state index >= 15 is 0 Å². The van der Waals surface area contributed by atoms with Crippen LogP contribution in [0.3, 0.4) is 0 Å². The second kappa shape index (κ2) is 6.01. The quantitative estimate of drug-likeness (QED) is 0.836. The van der Waals surface area contributed by atoms with Crippen molar-refractivity contribution in [3.63, 3.8) is 0 Å². The number of nitrogens with one attached hydrogen (secondary N) is 1. The number of amides is 1. The van der Waals surface area contributed by atoms with E-state index in [0.29, 0.717) is 11.3 Å². The molecule has 19 heavy (non-hydrogen) atoms. The van der Waals surface area contributed by atoms with Gasteiger partial charge in [0, 0.05) is 15.3 Å². The zero-order valence-electron chi connectivity index (χ0n) is 10.1. The predicted octanol–water partition coefficient (Wildman–Crippen LogP) is 3.69. The Balaban J connectivity index is 2.20. The number of rotatable bonds is 3. The molecule has 1 N–H and O–H groups in total. The van der Waals surface area contributed by atoms with Crippen molar-refractivity contribution in [1.29, 1.82) is 0 Å². The van der Waals surface area contributed by atoms with Crippen molar-refractivity contribution < 1.29 is 13.9 Å². The van der Waals surface area contributed by atoms with E-state index in [1.54, 1.807) is 18.2 Å². The lowest BCUT2D eigenvalue weighted by Crippen LogP contribution is -2.13.